The number of nitrogens with zero attached hydrogens (tertiary/aromatic N) is 1. The molecule has 3 heteroatoms. The molecule has 1 saturated heterocycles. The van der Waals surface area contributed by atoms with Crippen LogP contribution in [0.4, 0.5) is 0 Å². The van der Waals surface area contributed by atoms with E-state index in [9.17, 15) is 0 Å². The Hall–Kier alpha value is -0.120. The fraction of sp³-hybridized carbons (Fsp3) is 1.00. The van der Waals surface area contributed by atoms with E-state index < -0.39 is 0 Å². The molecule has 1 fully saturated rings. The molecule has 1 heterocycles. The van der Waals surface area contributed by atoms with Crippen LogP contribution in [0.1, 0.15) is 47.0 Å². The number of hydrogen-bond donors (Lipinski definition) is 1. The summed E-state index contributed by atoms with van der Waals surface area (Å²) < 4.78 is 5.70. The van der Waals surface area contributed by atoms with Gasteiger partial charge in [0.05, 0.1) is 6.61 Å². The maximum Gasteiger partial charge on any atom is 0.0547 e. The summed E-state index contributed by atoms with van der Waals surface area (Å²) in [6.07, 6.45) is 3.80. The lowest BCUT2D eigenvalue weighted by molar-refractivity contribution is 0.109. The summed E-state index contributed by atoms with van der Waals surface area (Å²) in [5, 5.41) is 3.65. The lowest BCUT2D eigenvalue weighted by Gasteiger charge is -2.34. The molecule has 1 rings (SSSR count). The van der Waals surface area contributed by atoms with Crippen LogP contribution in [0.5, 0.6) is 0 Å². The summed E-state index contributed by atoms with van der Waals surface area (Å²) in [4.78, 5) is 2.61. The number of unbranched alkanes of at least 4 members (excludes halogenated alkanes) is 1. The second-order valence-corrected chi connectivity index (χ2v) is 6.55. The largest absolute Gasteiger partial charge is 0.381 e. The Kier molecular flexibility index (Phi) is 7.96. The first kappa shape index (κ1) is 16.9. The molecule has 0 radical (unpaired) electrons. The Morgan fingerprint density at radius 3 is 2.63 bits per heavy atom. The van der Waals surface area contributed by atoms with Crippen molar-refractivity contribution in [1.29, 1.82) is 0 Å². The highest BCUT2D eigenvalue weighted by atomic mass is 16.5. The van der Waals surface area contributed by atoms with E-state index in [-0.39, 0.29) is 0 Å². The van der Waals surface area contributed by atoms with Crippen LogP contribution in [0, 0.1) is 11.3 Å². The lowest BCUT2D eigenvalue weighted by Crippen LogP contribution is -2.45. The van der Waals surface area contributed by atoms with Crippen molar-refractivity contribution in [3.05, 3.63) is 0 Å². The fourth-order valence-electron chi connectivity index (χ4n) is 2.80. The van der Waals surface area contributed by atoms with Crippen molar-refractivity contribution in [3.8, 4) is 0 Å². The van der Waals surface area contributed by atoms with Crippen LogP contribution < -0.4 is 5.32 Å². The van der Waals surface area contributed by atoms with Crippen molar-refractivity contribution in [2.75, 3.05) is 45.9 Å². The third kappa shape index (κ3) is 6.24. The Bertz CT molecular complexity index is 225. The predicted molar refractivity (Wildman–Crippen MR) is 82.6 cm³/mol. The molecule has 0 aromatic rings. The van der Waals surface area contributed by atoms with Crippen LogP contribution in [-0.2, 0) is 4.74 Å². The smallest absolute Gasteiger partial charge is 0.0547 e. The molecule has 114 valence electrons. The molecular weight excluding hydrogens is 236 g/mol. The summed E-state index contributed by atoms with van der Waals surface area (Å²) in [7, 11) is 0. The summed E-state index contributed by atoms with van der Waals surface area (Å²) in [6, 6.07) is 0. The van der Waals surface area contributed by atoms with E-state index in [2.05, 4.69) is 37.9 Å². The molecule has 1 N–H and O–H groups in total. The Morgan fingerprint density at radius 2 is 2.11 bits per heavy atom. The summed E-state index contributed by atoms with van der Waals surface area (Å²) >= 11 is 0. The SMILES string of the molecule is CCCCN(CC)CC1(CNCC(C)C)CCOC1. The molecule has 19 heavy (non-hydrogen) atoms. The molecule has 1 unspecified atom stereocenters. The molecule has 1 atom stereocenters. The van der Waals surface area contributed by atoms with Crippen molar-refractivity contribution in [1.82, 2.24) is 10.2 Å². The number of ether oxygens (including phenoxy) is 1. The maximum atomic E-state index is 5.70. The average molecular weight is 270 g/mol. The first-order valence-electron chi connectivity index (χ1n) is 8.12. The van der Waals surface area contributed by atoms with Crippen molar-refractivity contribution >= 4 is 0 Å². The molecule has 0 spiro atoms. The normalized spacial score (nSPS) is 23.7. The fourth-order valence-corrected chi connectivity index (χ4v) is 2.80. The highest BCUT2D eigenvalue weighted by Gasteiger charge is 2.35. The van der Waals surface area contributed by atoms with Crippen LogP contribution in [-0.4, -0.2) is 50.8 Å². The van der Waals surface area contributed by atoms with E-state index in [1.54, 1.807) is 0 Å². The van der Waals surface area contributed by atoms with Crippen molar-refractivity contribution in [2.24, 2.45) is 11.3 Å². The van der Waals surface area contributed by atoms with E-state index in [4.69, 9.17) is 4.74 Å². The quantitative estimate of drug-likeness (QED) is 0.660. The van der Waals surface area contributed by atoms with Gasteiger partial charge in [0.2, 0.25) is 0 Å². The van der Waals surface area contributed by atoms with Crippen LogP contribution in [0.15, 0.2) is 0 Å². The van der Waals surface area contributed by atoms with Gasteiger partial charge in [-0.15, -0.1) is 0 Å². The van der Waals surface area contributed by atoms with Crippen molar-refractivity contribution in [2.45, 2.75) is 47.0 Å². The molecule has 3 nitrogen and oxygen atoms in total. The molecule has 0 aromatic heterocycles. The Labute approximate surface area is 120 Å². The van der Waals surface area contributed by atoms with E-state index in [0.29, 0.717) is 5.41 Å². The van der Waals surface area contributed by atoms with Gasteiger partial charge in [0.1, 0.15) is 0 Å². The van der Waals surface area contributed by atoms with E-state index >= 15 is 0 Å². The van der Waals surface area contributed by atoms with Crippen LogP contribution in [0.2, 0.25) is 0 Å². The van der Waals surface area contributed by atoms with Gasteiger partial charge in [-0.1, -0.05) is 34.1 Å². The van der Waals surface area contributed by atoms with Gasteiger partial charge >= 0.3 is 0 Å². The molecular formula is C16H34N2O. The van der Waals surface area contributed by atoms with Crippen LogP contribution >= 0.6 is 0 Å². The minimum Gasteiger partial charge on any atom is -0.381 e. The monoisotopic (exact) mass is 270 g/mol. The van der Waals surface area contributed by atoms with Crippen LogP contribution in [0.3, 0.4) is 0 Å². The van der Waals surface area contributed by atoms with Crippen molar-refractivity contribution < 1.29 is 4.74 Å². The van der Waals surface area contributed by atoms with Gasteiger partial charge in [0, 0.05) is 25.1 Å². The topological polar surface area (TPSA) is 24.5 Å². The number of nitrogens with one attached hydrogen (secondary N) is 1. The zero-order valence-electron chi connectivity index (χ0n) is 13.5. The molecule has 1 aliphatic rings. The molecule has 0 bridgehead atoms. The summed E-state index contributed by atoms with van der Waals surface area (Å²) in [5.74, 6) is 0.724. The van der Waals surface area contributed by atoms with Gasteiger partial charge in [-0.2, -0.15) is 0 Å². The second-order valence-electron chi connectivity index (χ2n) is 6.55. The molecule has 0 saturated carbocycles. The Morgan fingerprint density at radius 1 is 1.32 bits per heavy atom. The van der Waals surface area contributed by atoms with E-state index in [1.807, 2.05) is 0 Å². The van der Waals surface area contributed by atoms with Crippen LogP contribution in [0.25, 0.3) is 0 Å². The third-order valence-corrected chi connectivity index (χ3v) is 4.07. The highest BCUT2D eigenvalue weighted by Crippen LogP contribution is 2.29. The zero-order chi connectivity index (χ0) is 14.1. The Balaban J connectivity index is 2.45. The second kappa shape index (κ2) is 8.93. The third-order valence-electron chi connectivity index (χ3n) is 4.07. The molecule has 0 amide bonds. The summed E-state index contributed by atoms with van der Waals surface area (Å²) in [5.41, 5.74) is 0.346. The van der Waals surface area contributed by atoms with Crippen molar-refractivity contribution in [3.63, 3.8) is 0 Å². The first-order chi connectivity index (χ1) is 9.12. The van der Waals surface area contributed by atoms with Gasteiger partial charge in [-0.05, 0) is 38.4 Å². The number of hydrogen-bond acceptors (Lipinski definition) is 3. The van der Waals surface area contributed by atoms with Gasteiger partial charge in [-0.3, -0.25) is 0 Å². The van der Waals surface area contributed by atoms with Gasteiger partial charge in [-0.25, -0.2) is 0 Å². The standard InChI is InChI=1S/C16H34N2O/c1-5-7-9-18(6-2)13-16(8-10-19-14-16)12-17-11-15(3)4/h15,17H,5-14H2,1-4H3. The van der Waals surface area contributed by atoms with Gasteiger partial charge in [0.15, 0.2) is 0 Å². The molecule has 0 aliphatic carbocycles. The minimum absolute atomic E-state index is 0.346. The lowest BCUT2D eigenvalue weighted by atomic mass is 9.86. The predicted octanol–water partition coefficient (Wildman–Crippen LogP) is 2.76. The molecule has 1 aliphatic heterocycles. The maximum absolute atomic E-state index is 5.70. The van der Waals surface area contributed by atoms with Gasteiger partial charge in [0.25, 0.3) is 0 Å². The average Bonchev–Trinajstić information content (AvgIpc) is 2.83. The van der Waals surface area contributed by atoms with E-state index in [1.165, 1.54) is 32.4 Å². The molecule has 0 aromatic carbocycles. The zero-order valence-corrected chi connectivity index (χ0v) is 13.5. The number of rotatable bonds is 10. The van der Waals surface area contributed by atoms with E-state index in [0.717, 1.165) is 38.8 Å². The first-order valence-corrected chi connectivity index (χ1v) is 8.12. The summed E-state index contributed by atoms with van der Waals surface area (Å²) in [6.45, 7) is 16.8. The minimum atomic E-state index is 0.346. The van der Waals surface area contributed by atoms with Gasteiger partial charge < -0.3 is 15.0 Å². The highest BCUT2D eigenvalue weighted by molar-refractivity contribution is 4.88.